The quantitative estimate of drug-likeness (QED) is 0.876. The topological polar surface area (TPSA) is 46.2 Å². The van der Waals surface area contributed by atoms with Crippen LogP contribution in [-0.4, -0.2) is 11.7 Å². The van der Waals surface area contributed by atoms with Crippen LogP contribution in [0.25, 0.3) is 0 Å². The molecule has 1 aliphatic rings. The second-order valence-electron chi connectivity index (χ2n) is 7.95. The molecule has 0 radical (unpaired) electrons. The summed E-state index contributed by atoms with van der Waals surface area (Å²) >= 11 is 0. The van der Waals surface area contributed by atoms with E-state index in [1.54, 1.807) is 0 Å². The number of hydrogen-bond acceptors (Lipinski definition) is 2. The minimum atomic E-state index is -0.445. The van der Waals surface area contributed by atoms with Gasteiger partial charge in [-0.15, -0.1) is 0 Å². The lowest BCUT2D eigenvalue weighted by molar-refractivity contribution is -0.0242. The lowest BCUT2D eigenvalue weighted by Gasteiger charge is -2.46. The van der Waals surface area contributed by atoms with Crippen molar-refractivity contribution in [2.24, 2.45) is 16.6 Å². The minimum absolute atomic E-state index is 0.152. The van der Waals surface area contributed by atoms with Gasteiger partial charge in [0.05, 0.1) is 6.10 Å². The Hall–Kier alpha value is -0.860. The van der Waals surface area contributed by atoms with Crippen molar-refractivity contribution < 1.29 is 5.11 Å². The van der Waals surface area contributed by atoms with Gasteiger partial charge in [0.15, 0.2) is 0 Å². The van der Waals surface area contributed by atoms with Crippen LogP contribution >= 0.6 is 0 Å². The van der Waals surface area contributed by atoms with Crippen molar-refractivity contribution in [3.63, 3.8) is 0 Å². The molecule has 1 fully saturated rings. The zero-order chi connectivity index (χ0) is 15.8. The molecule has 3 N–H and O–H groups in total. The molecule has 2 rings (SSSR count). The number of aliphatic hydroxyl groups excluding tert-OH is 1. The second-order valence-corrected chi connectivity index (χ2v) is 7.95. The molecule has 0 saturated heterocycles. The summed E-state index contributed by atoms with van der Waals surface area (Å²) in [4.78, 5) is 0. The molecule has 0 amide bonds. The highest BCUT2D eigenvalue weighted by molar-refractivity contribution is 5.40. The molecule has 2 heteroatoms. The largest absolute Gasteiger partial charge is 0.388 e. The highest BCUT2D eigenvalue weighted by Crippen LogP contribution is 2.51. The molecule has 1 unspecified atom stereocenters. The molecule has 118 valence electrons. The van der Waals surface area contributed by atoms with Crippen LogP contribution < -0.4 is 5.73 Å². The molecule has 0 bridgehead atoms. The van der Waals surface area contributed by atoms with Gasteiger partial charge in [0.2, 0.25) is 0 Å². The van der Waals surface area contributed by atoms with Gasteiger partial charge in [0, 0.05) is 12.0 Å². The van der Waals surface area contributed by atoms with Crippen LogP contribution in [0.15, 0.2) is 12.1 Å². The third kappa shape index (κ3) is 3.17. The van der Waals surface area contributed by atoms with E-state index < -0.39 is 6.10 Å². The van der Waals surface area contributed by atoms with Gasteiger partial charge in [-0.25, -0.2) is 0 Å². The third-order valence-electron chi connectivity index (χ3n) is 5.60. The summed E-state index contributed by atoms with van der Waals surface area (Å²) in [6.45, 7) is 11.5. The van der Waals surface area contributed by atoms with E-state index in [9.17, 15) is 5.11 Å². The first-order valence-electron chi connectivity index (χ1n) is 8.17. The number of aryl methyl sites for hydroxylation is 3. The number of rotatable bonds is 3. The third-order valence-corrected chi connectivity index (χ3v) is 5.60. The minimum Gasteiger partial charge on any atom is -0.388 e. The fourth-order valence-corrected chi connectivity index (χ4v) is 3.94. The first-order valence-corrected chi connectivity index (χ1v) is 8.17. The molecule has 2 nitrogen and oxygen atoms in total. The predicted molar refractivity (Wildman–Crippen MR) is 89.3 cm³/mol. The molecule has 0 aliphatic heterocycles. The van der Waals surface area contributed by atoms with Crippen LogP contribution in [0.5, 0.6) is 0 Å². The van der Waals surface area contributed by atoms with Gasteiger partial charge in [-0.05, 0) is 68.6 Å². The van der Waals surface area contributed by atoms with Crippen LogP contribution in [0.4, 0.5) is 0 Å². The second kappa shape index (κ2) is 5.73. The van der Waals surface area contributed by atoms with Crippen molar-refractivity contribution in [2.45, 2.75) is 66.4 Å². The van der Waals surface area contributed by atoms with Crippen molar-refractivity contribution in [1.82, 2.24) is 0 Å². The lowest BCUT2D eigenvalue weighted by atomic mass is 9.61. The zero-order valence-corrected chi connectivity index (χ0v) is 14.3. The average molecular weight is 289 g/mol. The Kier molecular flexibility index (Phi) is 4.51. The van der Waals surface area contributed by atoms with Crippen LogP contribution in [0, 0.1) is 31.6 Å². The number of aliphatic hydroxyl groups is 1. The molecule has 0 aromatic heterocycles. The van der Waals surface area contributed by atoms with Crippen LogP contribution in [-0.2, 0) is 0 Å². The monoisotopic (exact) mass is 289 g/mol. The zero-order valence-electron chi connectivity index (χ0n) is 14.3. The predicted octanol–water partition coefficient (Wildman–Crippen LogP) is 4.19. The van der Waals surface area contributed by atoms with E-state index in [-0.39, 0.29) is 5.41 Å². The highest BCUT2D eigenvalue weighted by Gasteiger charge is 2.43. The van der Waals surface area contributed by atoms with Crippen LogP contribution in [0.1, 0.15) is 67.9 Å². The molecular weight excluding hydrogens is 258 g/mol. The molecular formula is C19H31NO. The van der Waals surface area contributed by atoms with E-state index in [2.05, 4.69) is 46.8 Å². The van der Waals surface area contributed by atoms with Gasteiger partial charge in [-0.3, -0.25) is 0 Å². The summed E-state index contributed by atoms with van der Waals surface area (Å²) in [5.41, 5.74) is 11.1. The molecule has 1 aromatic rings. The Balaban J connectivity index is 2.36. The molecule has 21 heavy (non-hydrogen) atoms. The summed E-state index contributed by atoms with van der Waals surface area (Å²) in [7, 11) is 0. The molecule has 0 spiro atoms. The van der Waals surface area contributed by atoms with Crippen molar-refractivity contribution >= 4 is 0 Å². The van der Waals surface area contributed by atoms with Gasteiger partial charge in [-0.1, -0.05) is 31.5 Å². The van der Waals surface area contributed by atoms with Crippen molar-refractivity contribution in [3.8, 4) is 0 Å². The van der Waals surface area contributed by atoms with Gasteiger partial charge in [0.25, 0.3) is 0 Å². The fraction of sp³-hybridized carbons (Fsp3) is 0.684. The van der Waals surface area contributed by atoms with E-state index in [4.69, 9.17) is 5.73 Å². The summed E-state index contributed by atoms with van der Waals surface area (Å²) in [5.74, 6) is 0. The molecule has 1 atom stereocenters. The van der Waals surface area contributed by atoms with Crippen molar-refractivity contribution in [2.75, 3.05) is 6.54 Å². The maximum Gasteiger partial charge on any atom is 0.0863 e. The van der Waals surface area contributed by atoms with Crippen molar-refractivity contribution in [3.05, 3.63) is 34.4 Å². The lowest BCUT2D eigenvalue weighted by Crippen LogP contribution is -2.42. The van der Waals surface area contributed by atoms with E-state index in [1.807, 2.05) is 0 Å². The van der Waals surface area contributed by atoms with E-state index in [0.29, 0.717) is 12.0 Å². The first-order chi connectivity index (χ1) is 9.71. The van der Waals surface area contributed by atoms with E-state index in [1.165, 1.54) is 16.7 Å². The number of hydrogen-bond donors (Lipinski definition) is 2. The van der Waals surface area contributed by atoms with Crippen molar-refractivity contribution in [1.29, 1.82) is 0 Å². The Morgan fingerprint density at radius 3 is 1.95 bits per heavy atom. The first kappa shape index (κ1) is 16.5. The summed E-state index contributed by atoms with van der Waals surface area (Å²) in [5, 5.41) is 11.1. The Bertz CT molecular complexity index is 485. The standard InChI is InChI=1S/C19H31NO/c1-13-10-14(2)16(15(3)11-13)17(21)19(12-20)8-6-18(4,5)7-9-19/h10-11,17,21H,6-9,12,20H2,1-5H3. The summed E-state index contributed by atoms with van der Waals surface area (Å²) in [6.07, 6.45) is 3.88. The smallest absolute Gasteiger partial charge is 0.0863 e. The maximum absolute atomic E-state index is 11.1. The van der Waals surface area contributed by atoms with Gasteiger partial charge < -0.3 is 10.8 Å². The molecule has 1 aromatic carbocycles. The number of nitrogens with two attached hydrogens (primary N) is 1. The molecule has 1 saturated carbocycles. The molecule has 0 heterocycles. The van der Waals surface area contributed by atoms with Gasteiger partial charge in [0.1, 0.15) is 0 Å². The van der Waals surface area contributed by atoms with Gasteiger partial charge >= 0.3 is 0 Å². The Morgan fingerprint density at radius 1 is 1.05 bits per heavy atom. The Morgan fingerprint density at radius 2 is 1.52 bits per heavy atom. The van der Waals surface area contributed by atoms with Crippen LogP contribution in [0.2, 0.25) is 0 Å². The number of benzene rings is 1. The van der Waals surface area contributed by atoms with E-state index >= 15 is 0 Å². The average Bonchev–Trinajstić information content (AvgIpc) is 2.38. The summed E-state index contributed by atoms with van der Waals surface area (Å²) < 4.78 is 0. The normalized spacial score (nSPS) is 22.0. The van der Waals surface area contributed by atoms with Crippen LogP contribution in [0.3, 0.4) is 0 Å². The highest BCUT2D eigenvalue weighted by atomic mass is 16.3. The van der Waals surface area contributed by atoms with Gasteiger partial charge in [-0.2, -0.15) is 0 Å². The maximum atomic E-state index is 11.1. The SMILES string of the molecule is Cc1cc(C)c(C(O)C2(CN)CCC(C)(C)CC2)c(C)c1. The molecule has 1 aliphatic carbocycles. The fourth-order valence-electron chi connectivity index (χ4n) is 3.94. The summed E-state index contributed by atoms with van der Waals surface area (Å²) in [6, 6.07) is 4.34. The van der Waals surface area contributed by atoms with E-state index in [0.717, 1.165) is 31.2 Å². The Labute approximate surface area is 129 Å².